The molecule has 1 fully saturated rings. The molecule has 24 heavy (non-hydrogen) atoms. The van der Waals surface area contributed by atoms with E-state index in [1.807, 2.05) is 16.9 Å². The fourth-order valence-corrected chi connectivity index (χ4v) is 3.53. The van der Waals surface area contributed by atoms with E-state index < -0.39 is 5.54 Å². The number of piperidine rings is 1. The standard InChI is InChI=1S/C17H30N4O2.ClH/c1-3-16(4-2,8-13-22)14-19-15(23)17(6-10-18-11-7-17)21-12-5-9-20-21;/h5,9,12,18,22H,3-4,6-8,10-11,13-14H2,1-2H3,(H,19,23);1H. The summed E-state index contributed by atoms with van der Waals surface area (Å²) >= 11 is 0. The Bertz CT molecular complexity index is 483. The maximum atomic E-state index is 13.0. The third-order valence-electron chi connectivity index (χ3n) is 5.56. The summed E-state index contributed by atoms with van der Waals surface area (Å²) in [6.45, 7) is 6.65. The molecule has 6 nitrogen and oxygen atoms in total. The molecular weight excluding hydrogens is 328 g/mol. The minimum absolute atomic E-state index is 0. The van der Waals surface area contributed by atoms with Gasteiger partial charge in [-0.3, -0.25) is 9.48 Å². The first-order chi connectivity index (χ1) is 11.1. The number of halogens is 1. The van der Waals surface area contributed by atoms with Gasteiger partial charge < -0.3 is 15.7 Å². The van der Waals surface area contributed by atoms with Crippen LogP contribution in [0.15, 0.2) is 18.5 Å². The zero-order valence-corrected chi connectivity index (χ0v) is 15.6. The molecule has 0 saturated carbocycles. The second-order valence-electron chi connectivity index (χ2n) is 6.60. The average Bonchev–Trinajstić information content (AvgIpc) is 3.14. The number of hydrogen-bond acceptors (Lipinski definition) is 4. The normalized spacial score (nSPS) is 17.1. The van der Waals surface area contributed by atoms with E-state index in [0.29, 0.717) is 6.54 Å². The van der Waals surface area contributed by atoms with Gasteiger partial charge in [0.1, 0.15) is 5.54 Å². The molecule has 7 heteroatoms. The molecule has 1 saturated heterocycles. The van der Waals surface area contributed by atoms with E-state index in [4.69, 9.17) is 0 Å². The van der Waals surface area contributed by atoms with E-state index >= 15 is 0 Å². The lowest BCUT2D eigenvalue weighted by Gasteiger charge is -2.38. The Morgan fingerprint density at radius 3 is 2.54 bits per heavy atom. The fourth-order valence-electron chi connectivity index (χ4n) is 3.53. The number of carbonyl (C=O) groups excluding carboxylic acids is 1. The van der Waals surface area contributed by atoms with Gasteiger partial charge in [-0.1, -0.05) is 13.8 Å². The summed E-state index contributed by atoms with van der Waals surface area (Å²) in [6.07, 6.45) is 7.70. The van der Waals surface area contributed by atoms with E-state index in [1.54, 1.807) is 6.20 Å². The predicted octanol–water partition coefficient (Wildman–Crippen LogP) is 1.69. The van der Waals surface area contributed by atoms with E-state index in [1.165, 1.54) is 0 Å². The Labute approximate surface area is 150 Å². The lowest BCUT2D eigenvalue weighted by atomic mass is 9.79. The molecule has 3 N–H and O–H groups in total. The molecule has 1 aromatic heterocycles. The van der Waals surface area contributed by atoms with Crippen LogP contribution in [0.5, 0.6) is 0 Å². The van der Waals surface area contributed by atoms with Gasteiger partial charge in [-0.05, 0) is 56.7 Å². The van der Waals surface area contributed by atoms with Crippen molar-refractivity contribution in [2.24, 2.45) is 5.41 Å². The SMILES string of the molecule is CCC(CC)(CCO)CNC(=O)C1(n2cccn2)CCNCC1.Cl. The van der Waals surface area contributed by atoms with Gasteiger partial charge >= 0.3 is 0 Å². The molecule has 0 spiro atoms. The molecule has 0 bridgehead atoms. The average molecular weight is 359 g/mol. The van der Waals surface area contributed by atoms with Crippen molar-refractivity contribution in [3.05, 3.63) is 18.5 Å². The molecule has 1 aliphatic rings. The van der Waals surface area contributed by atoms with Gasteiger partial charge in [0.2, 0.25) is 5.91 Å². The summed E-state index contributed by atoms with van der Waals surface area (Å²) in [6, 6.07) is 1.87. The van der Waals surface area contributed by atoms with Gasteiger partial charge in [0.25, 0.3) is 0 Å². The summed E-state index contributed by atoms with van der Waals surface area (Å²) < 4.78 is 1.81. The molecule has 2 heterocycles. The largest absolute Gasteiger partial charge is 0.396 e. The molecule has 0 aliphatic carbocycles. The van der Waals surface area contributed by atoms with Crippen LogP contribution in [-0.4, -0.2) is 47.0 Å². The highest BCUT2D eigenvalue weighted by atomic mass is 35.5. The van der Waals surface area contributed by atoms with Gasteiger partial charge in [0, 0.05) is 25.5 Å². The second kappa shape index (κ2) is 9.39. The van der Waals surface area contributed by atoms with Crippen molar-refractivity contribution in [3.8, 4) is 0 Å². The minimum Gasteiger partial charge on any atom is -0.396 e. The van der Waals surface area contributed by atoms with E-state index in [9.17, 15) is 9.90 Å². The highest BCUT2D eigenvalue weighted by molar-refractivity contribution is 5.85. The number of aliphatic hydroxyl groups is 1. The minimum atomic E-state index is -0.596. The molecule has 1 amide bonds. The quantitative estimate of drug-likeness (QED) is 0.660. The van der Waals surface area contributed by atoms with Gasteiger partial charge in [-0.15, -0.1) is 12.4 Å². The summed E-state index contributed by atoms with van der Waals surface area (Å²) in [7, 11) is 0. The van der Waals surface area contributed by atoms with Crippen LogP contribution < -0.4 is 10.6 Å². The first-order valence-corrected chi connectivity index (χ1v) is 8.72. The summed E-state index contributed by atoms with van der Waals surface area (Å²) in [5.41, 5.74) is -0.621. The van der Waals surface area contributed by atoms with Crippen LogP contribution in [0.25, 0.3) is 0 Å². The number of carbonyl (C=O) groups is 1. The molecule has 0 unspecified atom stereocenters. The van der Waals surface area contributed by atoms with Crippen molar-refractivity contribution >= 4 is 18.3 Å². The molecular formula is C17H31ClN4O2. The maximum absolute atomic E-state index is 13.0. The van der Waals surface area contributed by atoms with Crippen LogP contribution in [0.2, 0.25) is 0 Å². The Balaban J connectivity index is 0.00000288. The summed E-state index contributed by atoms with van der Waals surface area (Å²) in [4.78, 5) is 13.0. The second-order valence-corrected chi connectivity index (χ2v) is 6.60. The van der Waals surface area contributed by atoms with Crippen molar-refractivity contribution in [3.63, 3.8) is 0 Å². The lowest BCUT2D eigenvalue weighted by molar-refractivity contribution is -0.132. The molecule has 0 aromatic carbocycles. The molecule has 0 atom stereocenters. The first kappa shape index (κ1) is 20.9. The number of rotatable bonds is 8. The van der Waals surface area contributed by atoms with Crippen molar-refractivity contribution in [2.45, 2.75) is 51.5 Å². The van der Waals surface area contributed by atoms with Gasteiger partial charge in [0.15, 0.2) is 0 Å². The Morgan fingerprint density at radius 1 is 1.38 bits per heavy atom. The van der Waals surface area contributed by atoms with Crippen molar-refractivity contribution in [1.29, 1.82) is 0 Å². The Kier molecular flexibility index (Phi) is 8.19. The van der Waals surface area contributed by atoms with Crippen LogP contribution in [0, 0.1) is 5.41 Å². The number of nitrogens with one attached hydrogen (secondary N) is 2. The third-order valence-corrected chi connectivity index (χ3v) is 5.56. The van der Waals surface area contributed by atoms with Crippen molar-refractivity contribution < 1.29 is 9.90 Å². The molecule has 138 valence electrons. The molecule has 2 rings (SSSR count). The van der Waals surface area contributed by atoms with Gasteiger partial charge in [0.05, 0.1) is 0 Å². The van der Waals surface area contributed by atoms with Crippen molar-refractivity contribution in [2.75, 3.05) is 26.2 Å². The number of amides is 1. The van der Waals surface area contributed by atoms with E-state index in [2.05, 4.69) is 29.6 Å². The van der Waals surface area contributed by atoms with Crippen LogP contribution in [-0.2, 0) is 10.3 Å². The zero-order valence-electron chi connectivity index (χ0n) is 14.8. The Hall–Kier alpha value is -1.11. The van der Waals surface area contributed by atoms with Crippen LogP contribution in [0.1, 0.15) is 46.0 Å². The van der Waals surface area contributed by atoms with Gasteiger partial charge in [-0.2, -0.15) is 5.10 Å². The lowest BCUT2D eigenvalue weighted by Crippen LogP contribution is -2.56. The molecule has 0 radical (unpaired) electrons. The summed E-state index contributed by atoms with van der Waals surface area (Å²) in [5.74, 6) is 0.0481. The van der Waals surface area contributed by atoms with Gasteiger partial charge in [-0.25, -0.2) is 0 Å². The smallest absolute Gasteiger partial charge is 0.248 e. The maximum Gasteiger partial charge on any atom is 0.248 e. The van der Waals surface area contributed by atoms with E-state index in [0.717, 1.165) is 45.2 Å². The van der Waals surface area contributed by atoms with Crippen LogP contribution >= 0.6 is 12.4 Å². The summed E-state index contributed by atoms with van der Waals surface area (Å²) in [5, 5.41) is 20.2. The highest BCUT2D eigenvalue weighted by Crippen LogP contribution is 2.31. The van der Waals surface area contributed by atoms with Crippen LogP contribution in [0.3, 0.4) is 0 Å². The zero-order chi connectivity index (χ0) is 16.8. The topological polar surface area (TPSA) is 79.2 Å². The number of aliphatic hydroxyl groups excluding tert-OH is 1. The molecule has 1 aliphatic heterocycles. The van der Waals surface area contributed by atoms with E-state index in [-0.39, 0.29) is 30.3 Å². The molecule has 1 aromatic rings. The number of aromatic nitrogens is 2. The number of nitrogens with zero attached hydrogens (tertiary/aromatic N) is 2. The highest BCUT2D eigenvalue weighted by Gasteiger charge is 2.42. The predicted molar refractivity (Wildman–Crippen MR) is 97.3 cm³/mol. The fraction of sp³-hybridized carbons (Fsp3) is 0.765. The Morgan fingerprint density at radius 2 is 2.04 bits per heavy atom. The number of hydrogen-bond donors (Lipinski definition) is 3. The van der Waals surface area contributed by atoms with Crippen molar-refractivity contribution in [1.82, 2.24) is 20.4 Å². The van der Waals surface area contributed by atoms with Crippen LogP contribution in [0.4, 0.5) is 0 Å². The first-order valence-electron chi connectivity index (χ1n) is 8.72. The third kappa shape index (κ3) is 4.29. The monoisotopic (exact) mass is 358 g/mol.